The maximum atomic E-state index is 13.1. The van der Waals surface area contributed by atoms with E-state index in [1.54, 1.807) is 36.4 Å². The van der Waals surface area contributed by atoms with Gasteiger partial charge in [-0.05, 0) is 56.7 Å². The minimum atomic E-state index is -3.79. The van der Waals surface area contributed by atoms with Crippen LogP contribution in [0.2, 0.25) is 0 Å². The number of para-hydroxylation sites is 1. The van der Waals surface area contributed by atoms with Crippen molar-refractivity contribution in [3.8, 4) is 0 Å². The van der Waals surface area contributed by atoms with Gasteiger partial charge in [-0.25, -0.2) is 18.4 Å². The Morgan fingerprint density at radius 1 is 1.00 bits per heavy atom. The summed E-state index contributed by atoms with van der Waals surface area (Å²) in [5, 5.41) is 3.71. The predicted octanol–water partition coefficient (Wildman–Crippen LogP) is 4.69. The molecule has 9 heteroatoms. The van der Waals surface area contributed by atoms with Gasteiger partial charge in [0.15, 0.2) is 0 Å². The quantitative estimate of drug-likeness (QED) is 0.460. The van der Waals surface area contributed by atoms with Crippen molar-refractivity contribution >= 4 is 48.9 Å². The van der Waals surface area contributed by atoms with Crippen molar-refractivity contribution < 1.29 is 13.2 Å². The fraction of sp³-hybridized carbons (Fsp3) is 0.174. The lowest BCUT2D eigenvalue weighted by Crippen LogP contribution is -2.26. The van der Waals surface area contributed by atoms with E-state index in [9.17, 15) is 13.2 Å². The van der Waals surface area contributed by atoms with Crippen LogP contribution in [0.3, 0.4) is 0 Å². The van der Waals surface area contributed by atoms with Gasteiger partial charge in [0, 0.05) is 23.8 Å². The van der Waals surface area contributed by atoms with Gasteiger partial charge in [-0.2, -0.15) is 0 Å². The largest absolute Gasteiger partial charge is 0.321 e. The van der Waals surface area contributed by atoms with Crippen molar-refractivity contribution in [1.82, 2.24) is 9.97 Å². The highest BCUT2D eigenvalue weighted by Gasteiger charge is 2.23. The Morgan fingerprint density at radius 3 is 2.44 bits per heavy atom. The number of carbonyl (C=O) groups is 1. The first kappa shape index (κ1) is 21.9. The van der Waals surface area contributed by atoms with Gasteiger partial charge in [0.2, 0.25) is 0 Å². The highest BCUT2D eigenvalue weighted by molar-refractivity contribution is 7.92. The van der Waals surface area contributed by atoms with Crippen LogP contribution < -0.4 is 9.62 Å². The first-order valence-electron chi connectivity index (χ1n) is 9.88. The summed E-state index contributed by atoms with van der Waals surface area (Å²) in [6.45, 7) is 5.59. The van der Waals surface area contributed by atoms with Crippen molar-refractivity contribution in [2.45, 2.75) is 25.7 Å². The second-order valence-corrected chi connectivity index (χ2v) is 10.4. The average Bonchev–Trinajstić information content (AvgIpc) is 3.10. The molecule has 7 nitrogen and oxygen atoms in total. The summed E-state index contributed by atoms with van der Waals surface area (Å²) in [5.74, 6) is 0.345. The van der Waals surface area contributed by atoms with Crippen molar-refractivity contribution in [2.24, 2.45) is 0 Å². The molecule has 0 saturated carbocycles. The number of anilines is 2. The molecule has 0 atom stereocenters. The molecule has 4 aromatic rings. The number of hydrogen-bond acceptors (Lipinski definition) is 6. The molecule has 0 aliphatic heterocycles. The lowest BCUT2D eigenvalue weighted by Gasteiger charge is -2.19. The third-order valence-corrected chi connectivity index (χ3v) is 8.13. The van der Waals surface area contributed by atoms with Crippen LogP contribution in [-0.2, 0) is 10.0 Å². The van der Waals surface area contributed by atoms with E-state index in [0.29, 0.717) is 22.1 Å². The molecule has 0 fully saturated rings. The molecule has 0 aliphatic carbocycles. The fourth-order valence-corrected chi connectivity index (χ4v) is 5.96. The summed E-state index contributed by atoms with van der Waals surface area (Å²) < 4.78 is 27.4. The zero-order valence-electron chi connectivity index (χ0n) is 18.1. The Hall–Kier alpha value is -3.30. The highest BCUT2D eigenvalue weighted by Crippen LogP contribution is 2.32. The maximum Gasteiger partial charge on any atom is 0.266 e. The summed E-state index contributed by atoms with van der Waals surface area (Å²) in [7, 11) is -2.29. The normalized spacial score (nSPS) is 11.5. The molecular formula is C23H22N4O3S2. The van der Waals surface area contributed by atoms with Gasteiger partial charge in [-0.15, -0.1) is 11.3 Å². The maximum absolute atomic E-state index is 13.1. The number of rotatable bonds is 5. The van der Waals surface area contributed by atoms with Gasteiger partial charge in [-0.3, -0.25) is 9.10 Å². The van der Waals surface area contributed by atoms with E-state index in [4.69, 9.17) is 0 Å². The highest BCUT2D eigenvalue weighted by atomic mass is 32.2. The van der Waals surface area contributed by atoms with E-state index in [-0.39, 0.29) is 10.8 Å². The number of carbonyl (C=O) groups excluding carboxylic acids is 1. The number of nitrogens with zero attached hydrogens (tertiary/aromatic N) is 3. The van der Waals surface area contributed by atoms with Crippen molar-refractivity contribution in [3.05, 3.63) is 76.6 Å². The van der Waals surface area contributed by atoms with E-state index >= 15 is 0 Å². The summed E-state index contributed by atoms with van der Waals surface area (Å²) in [6.07, 6.45) is 0. The Labute approximate surface area is 190 Å². The molecule has 32 heavy (non-hydrogen) atoms. The van der Waals surface area contributed by atoms with Crippen LogP contribution in [0, 0.1) is 20.8 Å². The second kappa shape index (κ2) is 8.33. The number of sulfonamides is 1. The summed E-state index contributed by atoms with van der Waals surface area (Å²) in [5.41, 5.74) is 2.59. The molecule has 0 unspecified atom stereocenters. The SMILES string of the molecule is Cc1nc(C)c2c(C)c(C(=O)Nc3cccc(S(=O)(=O)N(C)c4ccccc4)c3)sc2n1. The van der Waals surface area contributed by atoms with Gasteiger partial charge in [-0.1, -0.05) is 24.3 Å². The molecule has 0 radical (unpaired) electrons. The molecule has 0 bridgehead atoms. The van der Waals surface area contributed by atoms with E-state index in [0.717, 1.165) is 21.5 Å². The third kappa shape index (κ3) is 3.96. The van der Waals surface area contributed by atoms with Gasteiger partial charge in [0.05, 0.1) is 15.5 Å². The van der Waals surface area contributed by atoms with Gasteiger partial charge in [0.25, 0.3) is 15.9 Å². The molecule has 1 N–H and O–H groups in total. The predicted molar refractivity (Wildman–Crippen MR) is 128 cm³/mol. The number of nitrogens with one attached hydrogen (secondary N) is 1. The molecule has 0 aliphatic rings. The molecule has 0 spiro atoms. The van der Waals surface area contributed by atoms with Gasteiger partial charge in [0.1, 0.15) is 10.7 Å². The van der Waals surface area contributed by atoms with Crippen LogP contribution in [0.1, 0.15) is 26.8 Å². The zero-order chi connectivity index (χ0) is 23.0. The minimum absolute atomic E-state index is 0.0899. The lowest BCUT2D eigenvalue weighted by molar-refractivity contribution is 0.103. The lowest BCUT2D eigenvalue weighted by atomic mass is 10.1. The molecular weight excluding hydrogens is 444 g/mol. The number of aromatic nitrogens is 2. The number of fused-ring (bicyclic) bond motifs is 1. The van der Waals surface area contributed by atoms with Crippen LogP contribution in [0.4, 0.5) is 11.4 Å². The number of benzene rings is 2. The molecule has 2 aromatic carbocycles. The summed E-state index contributed by atoms with van der Waals surface area (Å²) >= 11 is 1.30. The Balaban J connectivity index is 1.64. The minimum Gasteiger partial charge on any atom is -0.321 e. The van der Waals surface area contributed by atoms with Crippen molar-refractivity contribution in [2.75, 3.05) is 16.7 Å². The van der Waals surface area contributed by atoms with Crippen LogP contribution >= 0.6 is 11.3 Å². The van der Waals surface area contributed by atoms with E-state index in [1.807, 2.05) is 26.8 Å². The Bertz CT molecular complexity index is 1430. The molecule has 2 heterocycles. The topological polar surface area (TPSA) is 92.3 Å². The standard InChI is InChI=1S/C23H22N4O3S2/c1-14-20-15(2)24-16(3)25-23(20)31-21(14)22(28)26-17-9-8-12-19(13-17)32(29,30)27(4)18-10-6-5-7-11-18/h5-13H,1-4H3,(H,26,28). The third-order valence-electron chi connectivity index (χ3n) is 5.16. The van der Waals surface area contributed by atoms with Gasteiger partial charge < -0.3 is 5.32 Å². The van der Waals surface area contributed by atoms with Crippen LogP contribution in [0.25, 0.3) is 10.2 Å². The monoisotopic (exact) mass is 466 g/mol. The average molecular weight is 467 g/mol. The first-order valence-corrected chi connectivity index (χ1v) is 12.1. The first-order chi connectivity index (χ1) is 15.2. The van der Waals surface area contributed by atoms with Crippen LogP contribution in [0.5, 0.6) is 0 Å². The molecule has 1 amide bonds. The molecule has 2 aromatic heterocycles. The number of aryl methyl sites for hydroxylation is 3. The van der Waals surface area contributed by atoms with E-state index in [1.165, 1.54) is 34.8 Å². The van der Waals surface area contributed by atoms with Gasteiger partial charge >= 0.3 is 0 Å². The number of thiophene rings is 1. The molecule has 164 valence electrons. The van der Waals surface area contributed by atoms with Crippen LogP contribution in [-0.4, -0.2) is 31.3 Å². The van der Waals surface area contributed by atoms with Crippen molar-refractivity contribution in [1.29, 1.82) is 0 Å². The number of amides is 1. The van der Waals surface area contributed by atoms with E-state index in [2.05, 4.69) is 15.3 Å². The zero-order valence-corrected chi connectivity index (χ0v) is 19.7. The Morgan fingerprint density at radius 2 is 1.72 bits per heavy atom. The summed E-state index contributed by atoms with van der Waals surface area (Å²) in [6, 6.07) is 15.1. The fourth-order valence-electron chi connectivity index (χ4n) is 3.55. The Kier molecular flexibility index (Phi) is 5.70. The molecule has 4 rings (SSSR count). The van der Waals surface area contributed by atoms with Crippen LogP contribution in [0.15, 0.2) is 59.5 Å². The number of hydrogen-bond donors (Lipinski definition) is 1. The smallest absolute Gasteiger partial charge is 0.266 e. The van der Waals surface area contributed by atoms with Crippen molar-refractivity contribution in [3.63, 3.8) is 0 Å². The van der Waals surface area contributed by atoms with E-state index < -0.39 is 10.0 Å². The summed E-state index contributed by atoms with van der Waals surface area (Å²) in [4.78, 5) is 23.2. The second-order valence-electron chi connectivity index (χ2n) is 7.38. The molecule has 0 saturated heterocycles.